The normalized spacial score (nSPS) is 16.5. The summed E-state index contributed by atoms with van der Waals surface area (Å²) in [6.45, 7) is 4.68. The molecule has 0 nitrogen and oxygen atoms in total. The molecule has 1 aliphatic rings. The van der Waals surface area contributed by atoms with Gasteiger partial charge in [0.05, 0.1) is 0 Å². The van der Waals surface area contributed by atoms with Gasteiger partial charge in [0.2, 0.25) is 0 Å². The van der Waals surface area contributed by atoms with Crippen molar-refractivity contribution in [3.63, 3.8) is 0 Å². The Morgan fingerprint density at radius 3 is 2.80 bits per heavy atom. The number of rotatable bonds is 3. The van der Waals surface area contributed by atoms with Crippen LogP contribution in [0.4, 0.5) is 0 Å². The SMILES string of the molecule is CC(C)(CBr)Cc1csc2c1CCCC2. The lowest BCUT2D eigenvalue weighted by Gasteiger charge is -2.22. The van der Waals surface area contributed by atoms with Crippen LogP contribution in [0.15, 0.2) is 5.38 Å². The molecule has 0 spiro atoms. The summed E-state index contributed by atoms with van der Waals surface area (Å²) in [6, 6.07) is 0. The van der Waals surface area contributed by atoms with E-state index in [4.69, 9.17) is 0 Å². The van der Waals surface area contributed by atoms with Crippen LogP contribution in [-0.2, 0) is 19.3 Å². The molecule has 0 saturated heterocycles. The van der Waals surface area contributed by atoms with Crippen molar-refractivity contribution in [2.24, 2.45) is 5.41 Å². The van der Waals surface area contributed by atoms with E-state index in [1.807, 2.05) is 11.3 Å². The topological polar surface area (TPSA) is 0 Å². The Balaban J connectivity index is 2.19. The first kappa shape index (κ1) is 11.7. The second kappa shape index (κ2) is 4.58. The molecule has 1 aromatic rings. The van der Waals surface area contributed by atoms with Gasteiger partial charge < -0.3 is 0 Å². The Labute approximate surface area is 105 Å². The van der Waals surface area contributed by atoms with E-state index >= 15 is 0 Å². The highest BCUT2D eigenvalue weighted by Crippen LogP contribution is 2.34. The van der Waals surface area contributed by atoms with E-state index in [2.05, 4.69) is 35.2 Å². The number of thiophene rings is 1. The zero-order valence-electron chi connectivity index (χ0n) is 9.61. The van der Waals surface area contributed by atoms with Crippen molar-refractivity contribution in [3.05, 3.63) is 21.4 Å². The summed E-state index contributed by atoms with van der Waals surface area (Å²) >= 11 is 5.60. The molecule has 1 aromatic heterocycles. The van der Waals surface area contributed by atoms with E-state index in [1.165, 1.54) is 32.1 Å². The van der Waals surface area contributed by atoms with Crippen LogP contribution in [0.2, 0.25) is 0 Å². The summed E-state index contributed by atoms with van der Waals surface area (Å²) < 4.78 is 0. The maximum atomic E-state index is 3.62. The second-order valence-corrected chi connectivity index (χ2v) is 6.87. The van der Waals surface area contributed by atoms with Gasteiger partial charge in [-0.1, -0.05) is 29.8 Å². The van der Waals surface area contributed by atoms with Crippen molar-refractivity contribution >= 4 is 27.3 Å². The Morgan fingerprint density at radius 2 is 2.07 bits per heavy atom. The molecule has 0 bridgehead atoms. The quantitative estimate of drug-likeness (QED) is 0.713. The molecular weight excluding hydrogens is 268 g/mol. The van der Waals surface area contributed by atoms with Crippen molar-refractivity contribution in [1.29, 1.82) is 0 Å². The van der Waals surface area contributed by atoms with Gasteiger partial charge >= 0.3 is 0 Å². The summed E-state index contributed by atoms with van der Waals surface area (Å²) in [6.07, 6.45) is 6.67. The summed E-state index contributed by atoms with van der Waals surface area (Å²) in [5.41, 5.74) is 3.71. The largest absolute Gasteiger partial charge is 0.148 e. The van der Waals surface area contributed by atoms with Gasteiger partial charge in [-0.3, -0.25) is 0 Å². The van der Waals surface area contributed by atoms with Crippen LogP contribution in [0.5, 0.6) is 0 Å². The van der Waals surface area contributed by atoms with Gasteiger partial charge in [-0.15, -0.1) is 11.3 Å². The summed E-state index contributed by atoms with van der Waals surface area (Å²) in [7, 11) is 0. The molecule has 0 aromatic carbocycles. The van der Waals surface area contributed by atoms with Gasteiger partial charge in [-0.25, -0.2) is 0 Å². The van der Waals surface area contributed by atoms with E-state index in [-0.39, 0.29) is 0 Å². The molecule has 0 N–H and O–H groups in total. The molecule has 2 rings (SSSR count). The van der Waals surface area contributed by atoms with Crippen LogP contribution in [-0.4, -0.2) is 5.33 Å². The fraction of sp³-hybridized carbons (Fsp3) is 0.692. The van der Waals surface area contributed by atoms with Crippen molar-refractivity contribution in [1.82, 2.24) is 0 Å². The average molecular weight is 287 g/mol. The van der Waals surface area contributed by atoms with E-state index < -0.39 is 0 Å². The lowest BCUT2D eigenvalue weighted by atomic mass is 9.85. The van der Waals surface area contributed by atoms with Gasteiger partial charge in [-0.05, 0) is 54.0 Å². The predicted octanol–water partition coefficient (Wildman–Crippen LogP) is 4.59. The van der Waals surface area contributed by atoms with E-state index in [0.717, 1.165) is 5.33 Å². The van der Waals surface area contributed by atoms with Crippen LogP contribution in [0.1, 0.15) is 42.7 Å². The zero-order valence-corrected chi connectivity index (χ0v) is 12.0. The monoisotopic (exact) mass is 286 g/mol. The van der Waals surface area contributed by atoms with E-state index in [9.17, 15) is 0 Å². The summed E-state index contributed by atoms with van der Waals surface area (Å²) in [5.74, 6) is 0. The van der Waals surface area contributed by atoms with Crippen molar-refractivity contribution in [2.75, 3.05) is 5.33 Å². The lowest BCUT2D eigenvalue weighted by Crippen LogP contribution is -2.17. The number of alkyl halides is 1. The number of fused-ring (bicyclic) bond motifs is 1. The molecule has 0 amide bonds. The molecule has 2 heteroatoms. The maximum absolute atomic E-state index is 3.62. The Hall–Kier alpha value is 0.180. The van der Waals surface area contributed by atoms with Gasteiger partial charge in [0, 0.05) is 10.2 Å². The molecular formula is C13H19BrS. The highest BCUT2D eigenvalue weighted by Gasteiger charge is 2.22. The molecule has 15 heavy (non-hydrogen) atoms. The van der Waals surface area contributed by atoms with Gasteiger partial charge in [0.25, 0.3) is 0 Å². The number of halogens is 1. The van der Waals surface area contributed by atoms with Gasteiger partial charge in [0.1, 0.15) is 0 Å². The summed E-state index contributed by atoms with van der Waals surface area (Å²) in [4.78, 5) is 1.67. The van der Waals surface area contributed by atoms with Crippen LogP contribution in [0.3, 0.4) is 0 Å². The predicted molar refractivity (Wildman–Crippen MR) is 72.2 cm³/mol. The average Bonchev–Trinajstić information content (AvgIpc) is 2.62. The highest BCUT2D eigenvalue weighted by atomic mass is 79.9. The van der Waals surface area contributed by atoms with Crippen molar-refractivity contribution < 1.29 is 0 Å². The first-order valence-electron chi connectivity index (χ1n) is 5.76. The molecule has 0 fully saturated rings. The molecule has 1 aliphatic carbocycles. The first-order chi connectivity index (χ1) is 7.12. The van der Waals surface area contributed by atoms with Crippen LogP contribution in [0.25, 0.3) is 0 Å². The van der Waals surface area contributed by atoms with Crippen molar-refractivity contribution in [2.45, 2.75) is 46.0 Å². The minimum absolute atomic E-state index is 0.395. The minimum Gasteiger partial charge on any atom is -0.148 e. The Morgan fingerprint density at radius 1 is 1.33 bits per heavy atom. The maximum Gasteiger partial charge on any atom is 0.00858 e. The zero-order chi connectivity index (χ0) is 10.9. The second-order valence-electron chi connectivity index (χ2n) is 5.34. The number of hydrogen-bond donors (Lipinski definition) is 0. The Bertz CT molecular complexity index is 338. The van der Waals surface area contributed by atoms with Gasteiger partial charge in [0.15, 0.2) is 0 Å². The third-order valence-electron chi connectivity index (χ3n) is 3.18. The fourth-order valence-corrected chi connectivity index (χ4v) is 3.62. The molecule has 0 saturated carbocycles. The number of aryl methyl sites for hydroxylation is 1. The van der Waals surface area contributed by atoms with Crippen LogP contribution >= 0.6 is 27.3 Å². The first-order valence-corrected chi connectivity index (χ1v) is 7.76. The molecule has 0 atom stereocenters. The van der Waals surface area contributed by atoms with Crippen molar-refractivity contribution in [3.8, 4) is 0 Å². The Kier molecular flexibility index (Phi) is 3.56. The third-order valence-corrected chi connectivity index (χ3v) is 5.83. The molecule has 1 heterocycles. The van der Waals surface area contributed by atoms with Gasteiger partial charge in [-0.2, -0.15) is 0 Å². The lowest BCUT2D eigenvalue weighted by molar-refractivity contribution is 0.423. The standard InChI is InChI=1S/C13H19BrS/c1-13(2,9-14)7-10-8-15-12-6-4-3-5-11(10)12/h8H,3-7,9H2,1-2H3. The summed E-state index contributed by atoms with van der Waals surface area (Å²) in [5, 5.41) is 3.49. The molecule has 84 valence electrons. The van der Waals surface area contributed by atoms with E-state index in [1.54, 1.807) is 16.0 Å². The molecule has 0 aliphatic heterocycles. The van der Waals surface area contributed by atoms with E-state index in [0.29, 0.717) is 5.41 Å². The molecule has 0 unspecified atom stereocenters. The smallest absolute Gasteiger partial charge is 0.00858 e. The molecule has 0 radical (unpaired) electrons. The number of hydrogen-bond acceptors (Lipinski definition) is 1. The third kappa shape index (κ3) is 2.65. The highest BCUT2D eigenvalue weighted by molar-refractivity contribution is 9.09. The fourth-order valence-electron chi connectivity index (χ4n) is 2.27. The van der Waals surface area contributed by atoms with Crippen LogP contribution < -0.4 is 0 Å². The minimum atomic E-state index is 0.395. The van der Waals surface area contributed by atoms with Crippen LogP contribution in [0, 0.1) is 5.41 Å².